The van der Waals surface area contributed by atoms with Crippen LogP contribution >= 0.6 is 23.4 Å². The Balaban J connectivity index is 1.60. The van der Waals surface area contributed by atoms with Crippen LogP contribution in [0.2, 0.25) is 5.02 Å². The van der Waals surface area contributed by atoms with Crippen LogP contribution in [-0.2, 0) is 9.59 Å². The summed E-state index contributed by atoms with van der Waals surface area (Å²) in [6, 6.07) is 5.78. The predicted molar refractivity (Wildman–Crippen MR) is 87.8 cm³/mol. The topological polar surface area (TPSA) is 78.5 Å². The molecule has 3 amide bonds. The molecule has 1 aromatic rings. The van der Waals surface area contributed by atoms with Crippen molar-refractivity contribution in [3.8, 4) is 0 Å². The molecule has 3 rings (SSSR count). The Hall–Kier alpha value is -1.73. The van der Waals surface area contributed by atoms with Crippen LogP contribution in [0.1, 0.15) is 30.1 Å². The SMILES string of the molecule is C[C@@]12CCC(=O)N1[C@H](C(=O)NNC(=O)c1ccc(Cl)cc1)CS2. The lowest BCUT2D eigenvalue weighted by molar-refractivity contribution is -0.138. The molecule has 2 aliphatic heterocycles. The molecule has 2 N–H and O–H groups in total. The van der Waals surface area contributed by atoms with Crippen molar-refractivity contribution in [1.82, 2.24) is 15.8 Å². The number of fused-ring (bicyclic) bond motifs is 1. The fourth-order valence-corrected chi connectivity index (χ4v) is 4.45. The second-order valence-corrected chi connectivity index (χ2v) is 7.65. The van der Waals surface area contributed by atoms with Crippen LogP contribution in [0.15, 0.2) is 24.3 Å². The number of halogens is 1. The summed E-state index contributed by atoms with van der Waals surface area (Å²) < 4.78 is 0. The molecule has 6 nitrogen and oxygen atoms in total. The lowest BCUT2D eigenvalue weighted by Gasteiger charge is -2.29. The van der Waals surface area contributed by atoms with Crippen molar-refractivity contribution in [3.05, 3.63) is 34.9 Å². The molecule has 2 fully saturated rings. The molecule has 2 heterocycles. The van der Waals surface area contributed by atoms with Gasteiger partial charge in [-0.3, -0.25) is 25.2 Å². The van der Waals surface area contributed by atoms with Crippen LogP contribution in [0.4, 0.5) is 0 Å². The number of thioether (sulfide) groups is 1. The second-order valence-electron chi connectivity index (χ2n) is 5.72. The highest BCUT2D eigenvalue weighted by atomic mass is 35.5. The standard InChI is InChI=1S/C15H16ClN3O3S/c1-15-7-6-12(20)19(15)11(8-23-15)14(22)18-17-13(21)9-2-4-10(16)5-3-9/h2-5,11H,6-8H2,1H3,(H,17,21)(H,18,22)/t11-,15+/m0/s1. The second kappa shape index (κ2) is 6.05. The summed E-state index contributed by atoms with van der Waals surface area (Å²) in [6.45, 7) is 1.97. The maximum atomic E-state index is 12.3. The van der Waals surface area contributed by atoms with Crippen molar-refractivity contribution in [1.29, 1.82) is 0 Å². The number of nitrogens with zero attached hydrogens (tertiary/aromatic N) is 1. The molecule has 0 spiro atoms. The van der Waals surface area contributed by atoms with Crippen molar-refractivity contribution in [2.75, 3.05) is 5.75 Å². The predicted octanol–water partition coefficient (Wildman–Crippen LogP) is 1.55. The molecular weight excluding hydrogens is 338 g/mol. The van der Waals surface area contributed by atoms with Crippen LogP contribution in [0, 0.1) is 0 Å². The molecule has 0 saturated carbocycles. The van der Waals surface area contributed by atoms with E-state index >= 15 is 0 Å². The van der Waals surface area contributed by atoms with Crippen molar-refractivity contribution < 1.29 is 14.4 Å². The van der Waals surface area contributed by atoms with Crippen molar-refractivity contribution in [3.63, 3.8) is 0 Å². The van der Waals surface area contributed by atoms with Gasteiger partial charge in [0.25, 0.3) is 11.8 Å². The lowest BCUT2D eigenvalue weighted by Crippen LogP contribution is -2.54. The first-order chi connectivity index (χ1) is 10.9. The third-order valence-corrected chi connectivity index (χ3v) is 5.91. The Bertz CT molecular complexity index is 666. The first-order valence-corrected chi connectivity index (χ1v) is 8.59. The van der Waals surface area contributed by atoms with E-state index in [2.05, 4.69) is 10.9 Å². The number of rotatable bonds is 2. The maximum Gasteiger partial charge on any atom is 0.269 e. The number of hydrazine groups is 1. The summed E-state index contributed by atoms with van der Waals surface area (Å²) in [7, 11) is 0. The third kappa shape index (κ3) is 3.03. The fraction of sp³-hybridized carbons (Fsp3) is 0.400. The van der Waals surface area contributed by atoms with E-state index in [0.717, 1.165) is 6.42 Å². The third-order valence-electron chi connectivity index (χ3n) is 4.15. The van der Waals surface area contributed by atoms with Gasteiger partial charge in [0, 0.05) is 22.8 Å². The zero-order valence-corrected chi connectivity index (χ0v) is 14.0. The van der Waals surface area contributed by atoms with Crippen LogP contribution < -0.4 is 10.9 Å². The molecule has 2 atom stereocenters. The zero-order chi connectivity index (χ0) is 16.6. The number of carbonyl (C=O) groups is 3. The van der Waals surface area contributed by atoms with Gasteiger partial charge in [0.05, 0.1) is 4.87 Å². The highest BCUT2D eigenvalue weighted by Crippen LogP contribution is 2.47. The van der Waals surface area contributed by atoms with E-state index in [1.165, 1.54) is 0 Å². The van der Waals surface area contributed by atoms with E-state index in [1.807, 2.05) is 6.92 Å². The van der Waals surface area contributed by atoms with E-state index in [9.17, 15) is 14.4 Å². The molecule has 2 saturated heterocycles. The molecule has 122 valence electrons. The molecule has 0 aliphatic carbocycles. The summed E-state index contributed by atoms with van der Waals surface area (Å²) in [4.78, 5) is 37.6. The fourth-order valence-electron chi connectivity index (χ4n) is 2.89. The Morgan fingerprint density at radius 2 is 2.00 bits per heavy atom. The number of amides is 3. The van der Waals surface area contributed by atoms with Gasteiger partial charge in [-0.15, -0.1) is 11.8 Å². The van der Waals surface area contributed by atoms with Gasteiger partial charge in [0.15, 0.2) is 0 Å². The molecule has 2 aliphatic rings. The van der Waals surface area contributed by atoms with E-state index in [1.54, 1.807) is 40.9 Å². The van der Waals surface area contributed by atoms with E-state index < -0.39 is 11.9 Å². The Morgan fingerprint density at radius 1 is 1.30 bits per heavy atom. The van der Waals surface area contributed by atoms with Gasteiger partial charge >= 0.3 is 0 Å². The smallest absolute Gasteiger partial charge is 0.269 e. The molecule has 0 unspecified atom stereocenters. The number of hydrogen-bond acceptors (Lipinski definition) is 4. The number of hydrogen-bond donors (Lipinski definition) is 2. The molecule has 0 bridgehead atoms. The number of nitrogens with one attached hydrogen (secondary N) is 2. The van der Waals surface area contributed by atoms with Gasteiger partial charge in [-0.1, -0.05) is 11.6 Å². The largest absolute Gasteiger partial charge is 0.315 e. The average molecular weight is 354 g/mol. The van der Waals surface area contributed by atoms with Gasteiger partial charge in [0.1, 0.15) is 6.04 Å². The van der Waals surface area contributed by atoms with Gasteiger partial charge < -0.3 is 4.90 Å². The summed E-state index contributed by atoms with van der Waals surface area (Å²) in [5.74, 6) is -0.290. The minimum atomic E-state index is -0.550. The Morgan fingerprint density at radius 3 is 2.70 bits per heavy atom. The molecule has 0 aromatic heterocycles. The average Bonchev–Trinajstić information content (AvgIpc) is 3.02. The van der Waals surface area contributed by atoms with Crippen molar-refractivity contribution in [2.45, 2.75) is 30.7 Å². The van der Waals surface area contributed by atoms with E-state index in [4.69, 9.17) is 11.6 Å². The summed E-state index contributed by atoms with van der Waals surface area (Å²) >= 11 is 7.37. The molecule has 1 aromatic carbocycles. The van der Waals surface area contributed by atoms with Gasteiger partial charge in [0.2, 0.25) is 5.91 Å². The molecule has 0 radical (unpaired) electrons. The maximum absolute atomic E-state index is 12.3. The quantitative estimate of drug-likeness (QED) is 0.791. The molecular formula is C15H16ClN3O3S. The van der Waals surface area contributed by atoms with Crippen molar-refractivity contribution >= 4 is 41.1 Å². The van der Waals surface area contributed by atoms with Gasteiger partial charge in [-0.2, -0.15) is 0 Å². The van der Waals surface area contributed by atoms with Gasteiger partial charge in [-0.25, -0.2) is 0 Å². The summed E-state index contributed by atoms with van der Waals surface area (Å²) in [6.07, 6.45) is 1.21. The lowest BCUT2D eigenvalue weighted by atomic mass is 10.2. The summed E-state index contributed by atoms with van der Waals surface area (Å²) in [5.41, 5.74) is 5.17. The van der Waals surface area contributed by atoms with Crippen molar-refractivity contribution in [2.24, 2.45) is 0 Å². The zero-order valence-electron chi connectivity index (χ0n) is 12.5. The van der Waals surface area contributed by atoms with E-state index in [-0.39, 0.29) is 16.7 Å². The first kappa shape index (κ1) is 16.1. The number of benzene rings is 1. The van der Waals surface area contributed by atoms with Crippen LogP contribution in [0.3, 0.4) is 0 Å². The minimum absolute atomic E-state index is 0.0123. The minimum Gasteiger partial charge on any atom is -0.315 e. The van der Waals surface area contributed by atoms with E-state index in [0.29, 0.717) is 22.8 Å². The molecule has 8 heteroatoms. The number of carbonyl (C=O) groups excluding carboxylic acids is 3. The normalized spacial score (nSPS) is 26.1. The molecule has 23 heavy (non-hydrogen) atoms. The highest BCUT2D eigenvalue weighted by molar-refractivity contribution is 8.01. The first-order valence-electron chi connectivity index (χ1n) is 7.22. The Labute approximate surface area is 142 Å². The Kier molecular flexibility index (Phi) is 4.25. The summed E-state index contributed by atoms with van der Waals surface area (Å²) in [5, 5.41) is 0.528. The van der Waals surface area contributed by atoms with Crippen LogP contribution in [-0.4, -0.2) is 39.3 Å². The van der Waals surface area contributed by atoms with Gasteiger partial charge in [-0.05, 0) is 37.6 Å². The highest BCUT2D eigenvalue weighted by Gasteiger charge is 2.52. The monoisotopic (exact) mass is 353 g/mol. The van der Waals surface area contributed by atoms with Crippen LogP contribution in [0.25, 0.3) is 0 Å². The van der Waals surface area contributed by atoms with Crippen LogP contribution in [0.5, 0.6) is 0 Å².